The number of thiazole rings is 1. The molecular weight excluding hydrogens is 431 g/mol. The van der Waals surface area contributed by atoms with Crippen molar-refractivity contribution in [3.63, 3.8) is 0 Å². The van der Waals surface area contributed by atoms with Crippen LogP contribution in [0.5, 0.6) is 0 Å². The predicted octanol–water partition coefficient (Wildman–Crippen LogP) is 3.06. The molecule has 1 atom stereocenters. The van der Waals surface area contributed by atoms with Crippen LogP contribution >= 0.6 is 11.3 Å². The Morgan fingerprint density at radius 2 is 2.00 bits per heavy atom. The molecule has 0 aliphatic carbocycles. The molecule has 11 heteroatoms. The number of hydrogen-bond donors (Lipinski definition) is 0. The van der Waals surface area contributed by atoms with Crippen molar-refractivity contribution < 1.29 is 9.18 Å². The van der Waals surface area contributed by atoms with Gasteiger partial charge in [0.25, 0.3) is 0 Å². The van der Waals surface area contributed by atoms with Crippen molar-refractivity contribution in [1.82, 2.24) is 29.7 Å². The Morgan fingerprint density at radius 3 is 2.69 bits per heavy atom. The third kappa shape index (κ3) is 3.62. The van der Waals surface area contributed by atoms with Gasteiger partial charge < -0.3 is 9.80 Å². The summed E-state index contributed by atoms with van der Waals surface area (Å²) in [5, 5.41) is 12.8. The second-order valence-electron chi connectivity index (χ2n) is 7.84. The zero-order chi connectivity index (χ0) is 22.2. The second kappa shape index (κ2) is 8.30. The topological polar surface area (TPSA) is 82.8 Å². The van der Waals surface area contributed by atoms with Gasteiger partial charge in [-0.15, -0.1) is 11.3 Å². The van der Waals surface area contributed by atoms with Crippen molar-refractivity contribution in [2.75, 3.05) is 31.1 Å². The number of aryl methyl sites for hydroxylation is 2. The van der Waals surface area contributed by atoms with E-state index in [4.69, 9.17) is 0 Å². The zero-order valence-corrected chi connectivity index (χ0v) is 18.7. The number of pyridine rings is 1. The van der Waals surface area contributed by atoms with Gasteiger partial charge >= 0.3 is 6.03 Å². The molecule has 0 saturated carbocycles. The van der Waals surface area contributed by atoms with Crippen molar-refractivity contribution in [3.8, 4) is 11.4 Å². The highest BCUT2D eigenvalue weighted by molar-refractivity contribution is 7.09. The van der Waals surface area contributed by atoms with E-state index in [1.807, 2.05) is 24.3 Å². The summed E-state index contributed by atoms with van der Waals surface area (Å²) in [6, 6.07) is 1.47. The van der Waals surface area contributed by atoms with Crippen LogP contribution in [-0.2, 0) is 7.05 Å². The number of amides is 2. The van der Waals surface area contributed by atoms with Crippen LogP contribution in [0, 0.1) is 12.7 Å². The molecule has 0 bridgehead atoms. The van der Waals surface area contributed by atoms with Crippen LogP contribution in [0.25, 0.3) is 11.4 Å². The highest BCUT2D eigenvalue weighted by atomic mass is 32.1. The van der Waals surface area contributed by atoms with Crippen LogP contribution in [-0.4, -0.2) is 68.1 Å². The molecule has 0 spiro atoms. The SMILES string of the molecule is Cc1cnn(C)c1-c1cc(N2CCN(C(=O)N3N=CCC3c3nccs3)CC2)c(F)cn1. The van der Waals surface area contributed by atoms with Crippen LogP contribution in [0.2, 0.25) is 0 Å². The van der Waals surface area contributed by atoms with Gasteiger partial charge in [0, 0.05) is 57.4 Å². The molecule has 2 aliphatic rings. The standard InChI is InChI=1S/C21H23FN8OS/c1-14-12-26-27(2)19(14)16-11-18(15(22)13-24-16)28-6-8-29(9-7-28)21(31)30-17(3-4-25-30)20-23-5-10-32-20/h4-5,10-13,17H,3,6-9H2,1-2H3. The van der Waals surface area contributed by atoms with Crippen molar-refractivity contribution in [2.24, 2.45) is 12.1 Å². The molecular formula is C21H23FN8OS. The van der Waals surface area contributed by atoms with Crippen molar-refractivity contribution >= 4 is 29.3 Å². The lowest BCUT2D eigenvalue weighted by molar-refractivity contribution is 0.139. The monoisotopic (exact) mass is 454 g/mol. The van der Waals surface area contributed by atoms with Crippen LogP contribution in [0.1, 0.15) is 23.0 Å². The maximum Gasteiger partial charge on any atom is 0.341 e. The van der Waals surface area contributed by atoms with Gasteiger partial charge in [0.2, 0.25) is 0 Å². The van der Waals surface area contributed by atoms with E-state index in [1.165, 1.54) is 22.5 Å². The number of carbonyl (C=O) groups is 1. The fraction of sp³-hybridized carbons (Fsp3) is 0.381. The first kappa shape index (κ1) is 20.6. The van der Waals surface area contributed by atoms with Crippen molar-refractivity contribution in [1.29, 1.82) is 0 Å². The third-order valence-electron chi connectivity index (χ3n) is 5.85. The number of halogens is 1. The fourth-order valence-corrected chi connectivity index (χ4v) is 4.94. The van der Waals surface area contributed by atoms with Gasteiger partial charge in [-0.1, -0.05) is 0 Å². The van der Waals surface area contributed by atoms with E-state index < -0.39 is 0 Å². The van der Waals surface area contributed by atoms with Gasteiger partial charge in [0.1, 0.15) is 11.0 Å². The van der Waals surface area contributed by atoms with Gasteiger partial charge in [0.05, 0.1) is 29.5 Å². The molecule has 1 unspecified atom stereocenters. The molecule has 2 amide bonds. The Balaban J connectivity index is 1.29. The summed E-state index contributed by atoms with van der Waals surface area (Å²) < 4.78 is 16.4. The van der Waals surface area contributed by atoms with Crippen LogP contribution in [0.15, 0.2) is 35.1 Å². The molecule has 1 fully saturated rings. The smallest absolute Gasteiger partial charge is 0.341 e. The van der Waals surface area contributed by atoms with Gasteiger partial charge in [-0.2, -0.15) is 10.2 Å². The first-order valence-corrected chi connectivity index (χ1v) is 11.3. The normalized spacial score (nSPS) is 18.6. The van der Waals surface area contributed by atoms with E-state index in [9.17, 15) is 9.18 Å². The molecule has 5 rings (SSSR count). The van der Waals surface area contributed by atoms with Crippen LogP contribution < -0.4 is 4.90 Å². The van der Waals surface area contributed by atoms with Crippen molar-refractivity contribution in [2.45, 2.75) is 19.4 Å². The number of rotatable bonds is 3. The molecule has 9 nitrogen and oxygen atoms in total. The van der Waals surface area contributed by atoms with Gasteiger partial charge in [-0.3, -0.25) is 9.67 Å². The van der Waals surface area contributed by atoms with E-state index in [0.717, 1.165) is 16.3 Å². The quantitative estimate of drug-likeness (QED) is 0.608. The average Bonchev–Trinajstić information content (AvgIpc) is 3.55. The number of carbonyl (C=O) groups excluding carboxylic acids is 1. The summed E-state index contributed by atoms with van der Waals surface area (Å²) in [4.78, 5) is 25.4. The number of hydrazone groups is 1. The van der Waals surface area contributed by atoms with E-state index in [1.54, 1.807) is 34.3 Å². The van der Waals surface area contributed by atoms with E-state index in [-0.39, 0.29) is 17.9 Å². The number of nitrogens with zero attached hydrogens (tertiary/aromatic N) is 8. The molecule has 32 heavy (non-hydrogen) atoms. The molecule has 1 saturated heterocycles. The summed E-state index contributed by atoms with van der Waals surface area (Å²) in [5.74, 6) is -0.374. The number of piperazine rings is 1. The summed E-state index contributed by atoms with van der Waals surface area (Å²) >= 11 is 1.52. The Kier molecular flexibility index (Phi) is 5.33. The minimum Gasteiger partial charge on any atom is -0.366 e. The number of aromatic nitrogens is 4. The highest BCUT2D eigenvalue weighted by Crippen LogP contribution is 2.31. The fourth-order valence-electron chi connectivity index (χ4n) is 4.20. The van der Waals surface area contributed by atoms with Gasteiger partial charge in [0.15, 0.2) is 5.82 Å². The molecule has 0 N–H and O–H groups in total. The maximum atomic E-state index is 14.7. The molecule has 0 radical (unpaired) electrons. The third-order valence-corrected chi connectivity index (χ3v) is 6.73. The summed E-state index contributed by atoms with van der Waals surface area (Å²) in [6.07, 6.45) is 7.19. The molecule has 166 valence electrons. The first-order valence-electron chi connectivity index (χ1n) is 10.4. The number of urea groups is 1. The number of anilines is 1. The summed E-state index contributed by atoms with van der Waals surface area (Å²) in [7, 11) is 1.84. The minimum absolute atomic E-state index is 0.139. The van der Waals surface area contributed by atoms with Crippen LogP contribution in [0.4, 0.5) is 14.9 Å². The first-order chi connectivity index (χ1) is 15.5. The lowest BCUT2D eigenvalue weighted by atomic mass is 10.1. The Bertz CT molecular complexity index is 1130. The van der Waals surface area contributed by atoms with Crippen LogP contribution in [0.3, 0.4) is 0 Å². The largest absolute Gasteiger partial charge is 0.366 e. The molecule has 5 heterocycles. The molecule has 0 aromatic carbocycles. The molecule has 2 aliphatic heterocycles. The Hall–Kier alpha value is -3.34. The lowest BCUT2D eigenvalue weighted by Gasteiger charge is -2.37. The zero-order valence-electron chi connectivity index (χ0n) is 17.8. The molecule has 3 aromatic heterocycles. The Morgan fingerprint density at radius 1 is 1.19 bits per heavy atom. The van der Waals surface area contributed by atoms with E-state index in [0.29, 0.717) is 44.0 Å². The van der Waals surface area contributed by atoms with E-state index in [2.05, 4.69) is 20.2 Å². The predicted molar refractivity (Wildman–Crippen MR) is 120 cm³/mol. The van der Waals surface area contributed by atoms with Gasteiger partial charge in [-0.05, 0) is 18.6 Å². The lowest BCUT2D eigenvalue weighted by Crippen LogP contribution is -2.52. The maximum absolute atomic E-state index is 14.7. The summed E-state index contributed by atoms with van der Waals surface area (Å²) in [6.45, 7) is 3.97. The minimum atomic E-state index is -0.374. The van der Waals surface area contributed by atoms with E-state index >= 15 is 0 Å². The van der Waals surface area contributed by atoms with Crippen molar-refractivity contribution in [3.05, 3.63) is 46.4 Å². The second-order valence-corrected chi connectivity index (χ2v) is 8.77. The average molecular weight is 455 g/mol. The highest BCUT2D eigenvalue weighted by Gasteiger charge is 2.34. The molecule has 3 aromatic rings. The Labute approximate surface area is 188 Å². The summed E-state index contributed by atoms with van der Waals surface area (Å²) in [5.41, 5.74) is 3.01. The number of hydrogen-bond acceptors (Lipinski definition) is 7. The van der Waals surface area contributed by atoms with Gasteiger partial charge in [-0.25, -0.2) is 19.2 Å².